The molecule has 0 fully saturated rings. The summed E-state index contributed by atoms with van der Waals surface area (Å²) in [5.74, 6) is 1.16. The summed E-state index contributed by atoms with van der Waals surface area (Å²) in [4.78, 5) is 4.55. The minimum Gasteiger partial charge on any atom is -0.335 e. The molecule has 0 saturated heterocycles. The average molecular weight is 285 g/mol. The number of rotatable bonds is 6. The summed E-state index contributed by atoms with van der Waals surface area (Å²) >= 11 is 0. The van der Waals surface area contributed by atoms with Crippen molar-refractivity contribution in [3.05, 3.63) is 52.6 Å². The van der Waals surface area contributed by atoms with Crippen molar-refractivity contribution in [1.82, 2.24) is 14.9 Å². The Labute approximate surface area is 128 Å². The predicted octanol–water partition coefficient (Wildman–Crippen LogP) is 3.72. The van der Waals surface area contributed by atoms with E-state index in [1.807, 2.05) is 13.2 Å². The van der Waals surface area contributed by atoms with Crippen LogP contribution in [0.25, 0.3) is 0 Å². The minimum absolute atomic E-state index is 0.309. The minimum atomic E-state index is 0.309. The molecule has 0 saturated carbocycles. The molecule has 0 aliphatic rings. The van der Waals surface area contributed by atoms with Gasteiger partial charge in [-0.2, -0.15) is 0 Å². The first-order valence-corrected chi connectivity index (χ1v) is 7.81. The fourth-order valence-corrected chi connectivity index (χ4v) is 3.25. The number of hydrogen-bond donors (Lipinski definition) is 1. The van der Waals surface area contributed by atoms with Crippen LogP contribution < -0.4 is 5.32 Å². The van der Waals surface area contributed by atoms with Crippen LogP contribution >= 0.6 is 0 Å². The fourth-order valence-electron chi connectivity index (χ4n) is 3.25. The van der Waals surface area contributed by atoms with Gasteiger partial charge in [-0.3, -0.25) is 0 Å². The zero-order valence-corrected chi connectivity index (χ0v) is 13.9. The van der Waals surface area contributed by atoms with Crippen molar-refractivity contribution >= 4 is 0 Å². The van der Waals surface area contributed by atoms with E-state index in [1.165, 1.54) is 22.3 Å². The molecule has 1 aromatic carbocycles. The first kappa shape index (κ1) is 15.8. The van der Waals surface area contributed by atoms with Gasteiger partial charge in [-0.05, 0) is 50.9 Å². The van der Waals surface area contributed by atoms with Gasteiger partial charge in [-0.25, -0.2) is 4.98 Å². The Morgan fingerprint density at radius 2 is 1.86 bits per heavy atom. The molecule has 3 nitrogen and oxygen atoms in total. The molecule has 1 N–H and O–H groups in total. The second kappa shape index (κ2) is 6.90. The van der Waals surface area contributed by atoms with Crippen LogP contribution in [-0.4, -0.2) is 16.6 Å². The summed E-state index contributed by atoms with van der Waals surface area (Å²) in [6, 6.07) is 4.85. The topological polar surface area (TPSA) is 29.9 Å². The molecular formula is C18H27N3. The molecule has 1 atom stereocenters. The molecule has 1 aromatic heterocycles. The Morgan fingerprint density at radius 1 is 1.19 bits per heavy atom. The molecule has 0 aliphatic carbocycles. The number of aryl methyl sites for hydroxylation is 4. The average Bonchev–Trinajstić information content (AvgIpc) is 2.84. The van der Waals surface area contributed by atoms with E-state index >= 15 is 0 Å². The summed E-state index contributed by atoms with van der Waals surface area (Å²) in [5.41, 5.74) is 5.46. The predicted molar refractivity (Wildman–Crippen MR) is 88.7 cm³/mol. The normalized spacial score (nSPS) is 12.6. The van der Waals surface area contributed by atoms with E-state index in [1.54, 1.807) is 0 Å². The largest absolute Gasteiger partial charge is 0.335 e. The maximum Gasteiger partial charge on any atom is 0.110 e. The summed E-state index contributed by atoms with van der Waals surface area (Å²) in [7, 11) is 2.04. The summed E-state index contributed by atoms with van der Waals surface area (Å²) in [5, 5.41) is 3.47. The van der Waals surface area contributed by atoms with Crippen LogP contribution in [-0.2, 0) is 13.0 Å². The standard InChI is InChI=1S/C18H27N3/c1-6-8-21-9-7-20-17(21)12-16(19-5)18-14(3)10-13(2)11-15(18)4/h7,9-11,16,19H,6,8,12H2,1-5H3. The molecule has 0 aliphatic heterocycles. The van der Waals surface area contributed by atoms with Gasteiger partial charge in [0, 0.05) is 31.4 Å². The molecule has 114 valence electrons. The highest BCUT2D eigenvalue weighted by Gasteiger charge is 2.17. The number of aromatic nitrogens is 2. The lowest BCUT2D eigenvalue weighted by atomic mass is 9.92. The van der Waals surface area contributed by atoms with Crippen LogP contribution in [0.1, 0.15) is 47.5 Å². The fraction of sp³-hybridized carbons (Fsp3) is 0.500. The number of nitrogens with one attached hydrogen (secondary N) is 1. The Morgan fingerprint density at radius 3 is 2.43 bits per heavy atom. The van der Waals surface area contributed by atoms with Gasteiger partial charge < -0.3 is 9.88 Å². The van der Waals surface area contributed by atoms with Crippen LogP contribution in [0.2, 0.25) is 0 Å². The van der Waals surface area contributed by atoms with Gasteiger partial charge in [0.2, 0.25) is 0 Å². The van der Waals surface area contributed by atoms with Gasteiger partial charge in [0.05, 0.1) is 0 Å². The van der Waals surface area contributed by atoms with Crippen molar-refractivity contribution in [3.63, 3.8) is 0 Å². The van der Waals surface area contributed by atoms with Gasteiger partial charge in [-0.15, -0.1) is 0 Å². The first-order valence-electron chi connectivity index (χ1n) is 7.81. The molecule has 0 amide bonds. The number of imidazole rings is 1. The lowest BCUT2D eigenvalue weighted by Crippen LogP contribution is -2.22. The van der Waals surface area contributed by atoms with Crippen molar-refractivity contribution in [3.8, 4) is 0 Å². The third kappa shape index (κ3) is 3.53. The van der Waals surface area contributed by atoms with E-state index in [0.717, 1.165) is 25.2 Å². The molecule has 0 spiro atoms. The molecule has 3 heteroatoms. The molecule has 1 unspecified atom stereocenters. The summed E-state index contributed by atoms with van der Waals surface area (Å²) in [6.45, 7) is 9.81. The number of likely N-dealkylation sites (N-methyl/N-ethyl adjacent to an activating group) is 1. The van der Waals surface area contributed by atoms with Crippen LogP contribution in [0.4, 0.5) is 0 Å². The number of nitrogens with zero attached hydrogens (tertiary/aromatic N) is 2. The van der Waals surface area contributed by atoms with E-state index in [4.69, 9.17) is 0 Å². The molecule has 2 aromatic rings. The second-order valence-corrected chi connectivity index (χ2v) is 5.89. The molecule has 0 bridgehead atoms. The third-order valence-corrected chi connectivity index (χ3v) is 4.09. The van der Waals surface area contributed by atoms with Gasteiger partial charge in [0.15, 0.2) is 0 Å². The third-order valence-electron chi connectivity index (χ3n) is 4.09. The lowest BCUT2D eigenvalue weighted by molar-refractivity contribution is 0.539. The van der Waals surface area contributed by atoms with Crippen molar-refractivity contribution in [2.75, 3.05) is 7.05 Å². The van der Waals surface area contributed by atoms with E-state index < -0.39 is 0 Å². The molecule has 2 rings (SSSR count). The zero-order chi connectivity index (χ0) is 15.4. The summed E-state index contributed by atoms with van der Waals surface area (Å²) in [6.07, 6.45) is 6.05. The maximum atomic E-state index is 4.55. The maximum absolute atomic E-state index is 4.55. The summed E-state index contributed by atoms with van der Waals surface area (Å²) < 4.78 is 2.27. The van der Waals surface area contributed by atoms with Crippen molar-refractivity contribution < 1.29 is 0 Å². The van der Waals surface area contributed by atoms with Crippen molar-refractivity contribution in [2.45, 2.75) is 53.1 Å². The van der Waals surface area contributed by atoms with E-state index in [-0.39, 0.29) is 0 Å². The highest BCUT2D eigenvalue weighted by Crippen LogP contribution is 2.26. The van der Waals surface area contributed by atoms with Crippen LogP contribution in [0, 0.1) is 20.8 Å². The molecular weight excluding hydrogens is 258 g/mol. The Hall–Kier alpha value is -1.61. The van der Waals surface area contributed by atoms with Crippen molar-refractivity contribution in [2.24, 2.45) is 0 Å². The van der Waals surface area contributed by atoms with E-state index in [2.05, 4.69) is 60.9 Å². The Bertz CT molecular complexity index is 575. The quantitative estimate of drug-likeness (QED) is 0.876. The van der Waals surface area contributed by atoms with Crippen LogP contribution in [0.15, 0.2) is 24.5 Å². The van der Waals surface area contributed by atoms with E-state index in [0.29, 0.717) is 6.04 Å². The first-order chi connectivity index (χ1) is 10.1. The van der Waals surface area contributed by atoms with Crippen LogP contribution in [0.3, 0.4) is 0 Å². The van der Waals surface area contributed by atoms with Crippen LogP contribution in [0.5, 0.6) is 0 Å². The SMILES string of the molecule is CCCn1ccnc1CC(NC)c1c(C)cc(C)cc1C. The molecule has 0 radical (unpaired) electrons. The number of benzene rings is 1. The highest BCUT2D eigenvalue weighted by molar-refractivity contribution is 5.40. The van der Waals surface area contributed by atoms with Gasteiger partial charge in [-0.1, -0.05) is 24.6 Å². The second-order valence-electron chi connectivity index (χ2n) is 5.89. The van der Waals surface area contributed by atoms with Gasteiger partial charge in [0.1, 0.15) is 5.82 Å². The van der Waals surface area contributed by atoms with Gasteiger partial charge in [0.25, 0.3) is 0 Å². The monoisotopic (exact) mass is 285 g/mol. The smallest absolute Gasteiger partial charge is 0.110 e. The molecule has 21 heavy (non-hydrogen) atoms. The molecule has 1 heterocycles. The van der Waals surface area contributed by atoms with Crippen molar-refractivity contribution in [1.29, 1.82) is 0 Å². The Balaban J connectivity index is 2.30. The highest BCUT2D eigenvalue weighted by atomic mass is 15.1. The Kier molecular flexibility index (Phi) is 5.18. The van der Waals surface area contributed by atoms with E-state index in [9.17, 15) is 0 Å². The number of hydrogen-bond acceptors (Lipinski definition) is 2. The lowest BCUT2D eigenvalue weighted by Gasteiger charge is -2.22. The zero-order valence-electron chi connectivity index (χ0n) is 13.9. The van der Waals surface area contributed by atoms with Gasteiger partial charge >= 0.3 is 0 Å².